The number of aromatic amines is 1. The van der Waals surface area contributed by atoms with Crippen molar-refractivity contribution in [3.05, 3.63) is 81.7 Å². The van der Waals surface area contributed by atoms with Crippen LogP contribution in [0, 0.1) is 5.82 Å². The number of methoxy groups -OCH3 is 1. The fraction of sp³-hybridized carbons (Fsp3) is 0.304. The van der Waals surface area contributed by atoms with Crippen LogP contribution in [0.15, 0.2) is 53.3 Å². The number of aromatic nitrogens is 5. The van der Waals surface area contributed by atoms with Crippen molar-refractivity contribution in [3.63, 3.8) is 0 Å². The van der Waals surface area contributed by atoms with Crippen molar-refractivity contribution >= 4 is 10.9 Å². The first-order chi connectivity index (χ1) is 16.1. The zero-order valence-electron chi connectivity index (χ0n) is 18.1. The van der Waals surface area contributed by atoms with Crippen molar-refractivity contribution in [2.75, 3.05) is 33.4 Å². The van der Waals surface area contributed by atoms with Gasteiger partial charge in [0.1, 0.15) is 17.6 Å². The number of nitrogens with zero attached hydrogens (tertiary/aromatic N) is 5. The standard InChI is InChI=1S/C23H23FN6O3/c1-32-18-6-7-20-16(12-18)13-19(23(31)25-20)21(29-8-10-33-11-9-29)22-26-27-28-30(22)14-15-2-4-17(24)5-3-15/h2-7,12-13,21H,8-11,14H2,1H3,(H,25,31). The number of pyridine rings is 1. The molecule has 10 heteroatoms. The summed E-state index contributed by atoms with van der Waals surface area (Å²) in [5.74, 6) is 0.929. The molecule has 4 aromatic rings. The minimum absolute atomic E-state index is 0.208. The summed E-state index contributed by atoms with van der Waals surface area (Å²) in [4.78, 5) is 18.3. The molecule has 33 heavy (non-hydrogen) atoms. The summed E-state index contributed by atoms with van der Waals surface area (Å²) in [5.41, 5.74) is 1.90. The van der Waals surface area contributed by atoms with Crippen molar-refractivity contribution in [2.45, 2.75) is 12.6 Å². The van der Waals surface area contributed by atoms with Crippen LogP contribution in [0.3, 0.4) is 0 Å². The lowest BCUT2D eigenvalue weighted by Gasteiger charge is -2.33. The smallest absolute Gasteiger partial charge is 0.253 e. The highest BCUT2D eigenvalue weighted by Crippen LogP contribution is 2.28. The summed E-state index contributed by atoms with van der Waals surface area (Å²) in [6.07, 6.45) is 0. The third-order valence-electron chi connectivity index (χ3n) is 5.84. The number of H-pyrrole nitrogens is 1. The van der Waals surface area contributed by atoms with Crippen LogP contribution < -0.4 is 10.3 Å². The molecule has 2 aromatic heterocycles. The van der Waals surface area contributed by atoms with Crippen LogP contribution >= 0.6 is 0 Å². The molecule has 0 radical (unpaired) electrons. The molecular weight excluding hydrogens is 427 g/mol. The maximum absolute atomic E-state index is 13.4. The van der Waals surface area contributed by atoms with E-state index in [1.165, 1.54) is 12.1 Å². The molecule has 0 aliphatic carbocycles. The second-order valence-electron chi connectivity index (χ2n) is 7.88. The first-order valence-corrected chi connectivity index (χ1v) is 10.7. The molecule has 1 fully saturated rings. The van der Waals surface area contributed by atoms with Gasteiger partial charge in [-0.1, -0.05) is 12.1 Å². The third-order valence-corrected chi connectivity index (χ3v) is 5.84. The van der Waals surface area contributed by atoms with E-state index in [-0.39, 0.29) is 11.4 Å². The van der Waals surface area contributed by atoms with E-state index in [9.17, 15) is 9.18 Å². The number of nitrogens with one attached hydrogen (secondary N) is 1. The Morgan fingerprint density at radius 2 is 1.94 bits per heavy atom. The molecule has 1 atom stereocenters. The van der Waals surface area contributed by atoms with Gasteiger partial charge in [0.2, 0.25) is 0 Å². The van der Waals surface area contributed by atoms with Gasteiger partial charge < -0.3 is 14.5 Å². The number of rotatable bonds is 6. The van der Waals surface area contributed by atoms with Crippen LogP contribution in [-0.4, -0.2) is 63.5 Å². The van der Waals surface area contributed by atoms with Crippen molar-refractivity contribution < 1.29 is 13.9 Å². The number of hydrogen-bond donors (Lipinski definition) is 1. The minimum Gasteiger partial charge on any atom is -0.497 e. The maximum atomic E-state index is 13.4. The molecule has 0 saturated carbocycles. The molecule has 170 valence electrons. The van der Waals surface area contributed by atoms with Gasteiger partial charge in [-0.2, -0.15) is 0 Å². The quantitative estimate of drug-likeness (QED) is 0.481. The summed E-state index contributed by atoms with van der Waals surface area (Å²) in [5, 5.41) is 13.2. The van der Waals surface area contributed by atoms with Crippen LogP contribution in [0.4, 0.5) is 4.39 Å². The Bertz CT molecular complexity index is 1310. The summed E-state index contributed by atoms with van der Waals surface area (Å²) in [7, 11) is 1.61. The number of morpholine rings is 1. The molecular formula is C23H23FN6O3. The molecule has 0 amide bonds. The fourth-order valence-electron chi connectivity index (χ4n) is 4.15. The average Bonchev–Trinajstić information content (AvgIpc) is 3.29. The lowest BCUT2D eigenvalue weighted by molar-refractivity contribution is 0.0214. The Morgan fingerprint density at radius 3 is 2.70 bits per heavy atom. The van der Waals surface area contributed by atoms with Crippen LogP contribution in [-0.2, 0) is 11.3 Å². The van der Waals surface area contributed by atoms with E-state index in [0.717, 1.165) is 16.5 Å². The van der Waals surface area contributed by atoms with Gasteiger partial charge in [-0.15, -0.1) is 5.10 Å². The van der Waals surface area contributed by atoms with Crippen LogP contribution in [0.1, 0.15) is 23.0 Å². The number of ether oxygens (including phenoxy) is 2. The Labute approximate surface area is 188 Å². The van der Waals surface area contributed by atoms with Crippen molar-refractivity contribution in [1.82, 2.24) is 30.1 Å². The first-order valence-electron chi connectivity index (χ1n) is 10.7. The molecule has 0 spiro atoms. The molecule has 1 aliphatic rings. The second kappa shape index (κ2) is 9.08. The van der Waals surface area contributed by atoms with E-state index in [4.69, 9.17) is 9.47 Å². The van der Waals surface area contributed by atoms with Crippen molar-refractivity contribution in [3.8, 4) is 5.75 Å². The average molecular weight is 450 g/mol. The van der Waals surface area contributed by atoms with Gasteiger partial charge in [0.05, 0.1) is 26.9 Å². The lowest BCUT2D eigenvalue weighted by atomic mass is 10.0. The van der Waals surface area contributed by atoms with E-state index in [2.05, 4.69) is 25.4 Å². The molecule has 5 rings (SSSR count). The highest BCUT2D eigenvalue weighted by Gasteiger charge is 2.31. The Kier molecular flexibility index (Phi) is 5.84. The minimum atomic E-state index is -0.483. The first kappa shape index (κ1) is 21.2. The molecule has 1 N–H and O–H groups in total. The normalized spacial score (nSPS) is 15.6. The van der Waals surface area contributed by atoms with Crippen LogP contribution in [0.25, 0.3) is 10.9 Å². The molecule has 1 unspecified atom stereocenters. The molecule has 1 saturated heterocycles. The topological polar surface area (TPSA) is 98.2 Å². The highest BCUT2D eigenvalue weighted by molar-refractivity contribution is 5.80. The maximum Gasteiger partial charge on any atom is 0.253 e. The number of fused-ring (bicyclic) bond motifs is 1. The van der Waals surface area contributed by atoms with E-state index >= 15 is 0 Å². The molecule has 9 nitrogen and oxygen atoms in total. The predicted octanol–water partition coefficient (Wildman–Crippen LogP) is 2.13. The van der Waals surface area contributed by atoms with E-state index in [1.807, 2.05) is 18.2 Å². The summed E-state index contributed by atoms with van der Waals surface area (Å²) < 4.78 is 25.9. The highest BCUT2D eigenvalue weighted by atomic mass is 19.1. The van der Waals surface area contributed by atoms with Gasteiger partial charge >= 0.3 is 0 Å². The van der Waals surface area contributed by atoms with Gasteiger partial charge in [-0.3, -0.25) is 9.69 Å². The zero-order chi connectivity index (χ0) is 22.8. The largest absolute Gasteiger partial charge is 0.497 e. The van der Waals surface area contributed by atoms with Gasteiger partial charge in [0.25, 0.3) is 5.56 Å². The summed E-state index contributed by atoms with van der Waals surface area (Å²) >= 11 is 0. The van der Waals surface area contributed by atoms with Crippen LogP contribution in [0.2, 0.25) is 0 Å². The number of hydrogen-bond acceptors (Lipinski definition) is 7. The SMILES string of the molecule is COc1ccc2[nH]c(=O)c(C(c3nnnn3Cc3ccc(F)cc3)N3CCOCC3)cc2c1. The lowest BCUT2D eigenvalue weighted by Crippen LogP contribution is -2.42. The molecule has 2 aromatic carbocycles. The number of tetrazole rings is 1. The Morgan fingerprint density at radius 1 is 1.15 bits per heavy atom. The van der Waals surface area contributed by atoms with Crippen LogP contribution in [0.5, 0.6) is 5.75 Å². The predicted molar refractivity (Wildman–Crippen MR) is 119 cm³/mol. The van der Waals surface area contributed by atoms with Crippen molar-refractivity contribution in [1.29, 1.82) is 0 Å². The fourth-order valence-corrected chi connectivity index (χ4v) is 4.15. The van der Waals surface area contributed by atoms with Gasteiger partial charge in [-0.25, -0.2) is 9.07 Å². The third kappa shape index (κ3) is 4.35. The monoisotopic (exact) mass is 450 g/mol. The number of halogens is 1. The van der Waals surface area contributed by atoms with Gasteiger partial charge in [-0.05, 0) is 52.4 Å². The molecule has 3 heterocycles. The van der Waals surface area contributed by atoms with E-state index < -0.39 is 6.04 Å². The second-order valence-corrected chi connectivity index (χ2v) is 7.88. The number of benzene rings is 2. The van der Waals surface area contributed by atoms with Crippen molar-refractivity contribution in [2.24, 2.45) is 0 Å². The Balaban J connectivity index is 1.61. The molecule has 0 bridgehead atoms. The van der Waals surface area contributed by atoms with Gasteiger partial charge in [0.15, 0.2) is 5.82 Å². The molecule has 1 aliphatic heterocycles. The Hall–Kier alpha value is -3.63. The van der Waals surface area contributed by atoms with Gasteiger partial charge in [0, 0.05) is 29.6 Å². The van der Waals surface area contributed by atoms with E-state index in [1.54, 1.807) is 30.0 Å². The van der Waals surface area contributed by atoms with E-state index in [0.29, 0.717) is 50.0 Å². The summed E-state index contributed by atoms with van der Waals surface area (Å²) in [6.45, 7) is 2.71. The summed E-state index contributed by atoms with van der Waals surface area (Å²) in [6, 6.07) is 13.1. The zero-order valence-corrected chi connectivity index (χ0v) is 18.1.